The van der Waals surface area contributed by atoms with Gasteiger partial charge in [-0.15, -0.1) is 5.10 Å². The van der Waals surface area contributed by atoms with Gasteiger partial charge in [0.15, 0.2) is 0 Å². The number of nitrogens with two attached hydrogens (primary N) is 1. The van der Waals surface area contributed by atoms with Crippen molar-refractivity contribution in [2.75, 3.05) is 0 Å². The molecule has 2 rings (SSSR count). The number of hydrogen-bond acceptors (Lipinski definition) is 4. The fourth-order valence-electron chi connectivity index (χ4n) is 1.98. The third kappa shape index (κ3) is 3.17. The summed E-state index contributed by atoms with van der Waals surface area (Å²) in [6.45, 7) is 4.91. The summed E-state index contributed by atoms with van der Waals surface area (Å²) in [6.07, 6.45) is 5.78. The molecule has 2 heterocycles. The molecule has 0 unspecified atom stereocenters. The molecule has 0 saturated heterocycles. The third-order valence-electron chi connectivity index (χ3n) is 3.06. The summed E-state index contributed by atoms with van der Waals surface area (Å²) < 4.78 is 3.70. The summed E-state index contributed by atoms with van der Waals surface area (Å²) >= 11 is 4.83. The normalized spacial score (nSPS) is 11.1. The van der Waals surface area contributed by atoms with Crippen LogP contribution >= 0.6 is 12.2 Å². The van der Waals surface area contributed by atoms with Crippen LogP contribution in [0.3, 0.4) is 0 Å². The molecule has 102 valence electrons. The fraction of sp³-hybridized carbons (Fsp3) is 0.500. The van der Waals surface area contributed by atoms with Gasteiger partial charge in [-0.2, -0.15) is 5.10 Å². The van der Waals surface area contributed by atoms with E-state index in [1.54, 1.807) is 11.0 Å². The predicted molar refractivity (Wildman–Crippen MR) is 76.9 cm³/mol. The van der Waals surface area contributed by atoms with Crippen molar-refractivity contribution in [3.63, 3.8) is 0 Å². The SMILES string of the molecule is CCC(CC)n1ccc(Cn2cnc(C(N)=S)n2)n1. The van der Waals surface area contributed by atoms with E-state index in [-0.39, 0.29) is 4.99 Å². The zero-order valence-electron chi connectivity index (χ0n) is 11.2. The summed E-state index contributed by atoms with van der Waals surface area (Å²) in [7, 11) is 0. The van der Waals surface area contributed by atoms with Gasteiger partial charge in [0.2, 0.25) is 5.82 Å². The molecule has 19 heavy (non-hydrogen) atoms. The zero-order valence-corrected chi connectivity index (χ0v) is 12.0. The molecular formula is C12H18N6S. The van der Waals surface area contributed by atoms with E-state index in [0.29, 0.717) is 18.4 Å². The molecule has 0 spiro atoms. The van der Waals surface area contributed by atoms with Crippen LogP contribution < -0.4 is 5.73 Å². The van der Waals surface area contributed by atoms with Gasteiger partial charge < -0.3 is 5.73 Å². The minimum absolute atomic E-state index is 0.210. The number of hydrogen-bond donors (Lipinski definition) is 1. The van der Waals surface area contributed by atoms with Crippen molar-refractivity contribution < 1.29 is 0 Å². The van der Waals surface area contributed by atoms with E-state index in [4.69, 9.17) is 18.0 Å². The van der Waals surface area contributed by atoms with Crippen molar-refractivity contribution in [3.05, 3.63) is 30.1 Å². The van der Waals surface area contributed by atoms with Gasteiger partial charge in [0.25, 0.3) is 0 Å². The summed E-state index contributed by atoms with van der Waals surface area (Å²) in [5.41, 5.74) is 6.42. The van der Waals surface area contributed by atoms with Gasteiger partial charge in [-0.3, -0.25) is 4.68 Å². The Morgan fingerprint density at radius 2 is 2.11 bits per heavy atom. The number of aromatic nitrogens is 5. The van der Waals surface area contributed by atoms with Crippen LogP contribution in [-0.4, -0.2) is 29.5 Å². The van der Waals surface area contributed by atoms with Gasteiger partial charge in [0.05, 0.1) is 18.3 Å². The van der Waals surface area contributed by atoms with Crippen molar-refractivity contribution in [2.24, 2.45) is 5.73 Å². The molecule has 0 aliphatic carbocycles. The quantitative estimate of drug-likeness (QED) is 0.811. The van der Waals surface area contributed by atoms with Gasteiger partial charge in [-0.05, 0) is 18.9 Å². The van der Waals surface area contributed by atoms with Crippen LogP contribution in [0.4, 0.5) is 0 Å². The summed E-state index contributed by atoms with van der Waals surface area (Å²) in [6, 6.07) is 2.46. The first-order valence-electron chi connectivity index (χ1n) is 6.37. The lowest BCUT2D eigenvalue weighted by Gasteiger charge is -2.12. The number of nitrogens with zero attached hydrogens (tertiary/aromatic N) is 5. The van der Waals surface area contributed by atoms with E-state index >= 15 is 0 Å². The maximum Gasteiger partial charge on any atom is 0.208 e. The van der Waals surface area contributed by atoms with Gasteiger partial charge in [-0.1, -0.05) is 26.1 Å². The van der Waals surface area contributed by atoms with Crippen LogP contribution in [0.15, 0.2) is 18.6 Å². The van der Waals surface area contributed by atoms with Crippen LogP contribution in [0.1, 0.15) is 44.2 Å². The smallest absolute Gasteiger partial charge is 0.208 e. The molecule has 2 aromatic heterocycles. The Morgan fingerprint density at radius 1 is 1.37 bits per heavy atom. The Labute approximate surface area is 117 Å². The Bertz CT molecular complexity index is 554. The van der Waals surface area contributed by atoms with Crippen LogP contribution in [0.5, 0.6) is 0 Å². The van der Waals surface area contributed by atoms with Crippen molar-refractivity contribution >= 4 is 17.2 Å². The molecule has 0 aliphatic rings. The minimum Gasteiger partial charge on any atom is -0.387 e. The molecule has 0 aliphatic heterocycles. The Balaban J connectivity index is 2.08. The summed E-state index contributed by atoms with van der Waals surface area (Å²) in [4.78, 5) is 4.25. The molecule has 7 heteroatoms. The second-order valence-electron chi connectivity index (χ2n) is 4.39. The summed E-state index contributed by atoms with van der Waals surface area (Å²) in [5.74, 6) is 0.398. The second kappa shape index (κ2) is 5.92. The molecule has 0 aromatic carbocycles. The lowest BCUT2D eigenvalue weighted by Crippen LogP contribution is -2.13. The Hall–Kier alpha value is -1.76. The third-order valence-corrected chi connectivity index (χ3v) is 3.24. The molecule has 0 atom stereocenters. The average molecular weight is 278 g/mol. The fourth-order valence-corrected chi connectivity index (χ4v) is 2.07. The van der Waals surface area contributed by atoms with E-state index in [0.717, 1.165) is 18.5 Å². The van der Waals surface area contributed by atoms with Gasteiger partial charge >= 0.3 is 0 Å². The van der Waals surface area contributed by atoms with Gasteiger partial charge in [0, 0.05) is 6.20 Å². The monoisotopic (exact) mass is 278 g/mol. The molecule has 0 amide bonds. The van der Waals surface area contributed by atoms with E-state index in [1.807, 2.05) is 16.9 Å². The maximum atomic E-state index is 5.47. The molecule has 0 fully saturated rings. The highest BCUT2D eigenvalue weighted by atomic mass is 32.1. The first-order chi connectivity index (χ1) is 9.13. The van der Waals surface area contributed by atoms with E-state index in [2.05, 4.69) is 29.0 Å². The highest BCUT2D eigenvalue weighted by molar-refractivity contribution is 7.80. The summed E-state index contributed by atoms with van der Waals surface area (Å²) in [5, 5.41) is 8.76. The van der Waals surface area contributed by atoms with Gasteiger partial charge in [-0.25, -0.2) is 9.67 Å². The first kappa shape index (κ1) is 13.7. The first-order valence-corrected chi connectivity index (χ1v) is 6.78. The maximum absolute atomic E-state index is 5.47. The second-order valence-corrected chi connectivity index (χ2v) is 4.83. The number of rotatable bonds is 6. The van der Waals surface area contributed by atoms with Crippen molar-refractivity contribution in [1.29, 1.82) is 0 Å². The lowest BCUT2D eigenvalue weighted by molar-refractivity contribution is 0.424. The molecule has 2 aromatic rings. The van der Waals surface area contributed by atoms with E-state index in [1.165, 1.54) is 0 Å². The van der Waals surface area contributed by atoms with Crippen LogP contribution in [0, 0.1) is 0 Å². The minimum atomic E-state index is 0.210. The van der Waals surface area contributed by atoms with Gasteiger partial charge in [0.1, 0.15) is 11.3 Å². The Kier molecular flexibility index (Phi) is 4.26. The highest BCUT2D eigenvalue weighted by Crippen LogP contribution is 2.14. The molecule has 0 radical (unpaired) electrons. The number of thiocarbonyl (C=S) groups is 1. The largest absolute Gasteiger partial charge is 0.387 e. The Morgan fingerprint density at radius 3 is 2.68 bits per heavy atom. The predicted octanol–water partition coefficient (Wildman–Crippen LogP) is 1.52. The molecule has 0 saturated carbocycles. The van der Waals surface area contributed by atoms with E-state index < -0.39 is 0 Å². The van der Waals surface area contributed by atoms with E-state index in [9.17, 15) is 0 Å². The highest BCUT2D eigenvalue weighted by Gasteiger charge is 2.09. The van der Waals surface area contributed by atoms with Crippen LogP contribution in [0.25, 0.3) is 0 Å². The molecular weight excluding hydrogens is 260 g/mol. The molecule has 2 N–H and O–H groups in total. The topological polar surface area (TPSA) is 74.5 Å². The molecule has 0 bridgehead atoms. The van der Waals surface area contributed by atoms with Crippen LogP contribution in [0.2, 0.25) is 0 Å². The standard InChI is InChI=1S/C12H18N6S/c1-3-10(4-2)18-6-5-9(15-18)7-17-8-14-12(16-17)11(13)19/h5-6,8,10H,3-4,7H2,1-2H3,(H2,13,19). The van der Waals surface area contributed by atoms with Crippen molar-refractivity contribution in [2.45, 2.75) is 39.3 Å². The van der Waals surface area contributed by atoms with Crippen molar-refractivity contribution in [1.82, 2.24) is 24.5 Å². The van der Waals surface area contributed by atoms with Crippen LogP contribution in [-0.2, 0) is 6.54 Å². The molecule has 6 nitrogen and oxygen atoms in total. The zero-order chi connectivity index (χ0) is 13.8. The average Bonchev–Trinajstić information content (AvgIpc) is 3.01. The lowest BCUT2D eigenvalue weighted by atomic mass is 10.2. The van der Waals surface area contributed by atoms with Crippen molar-refractivity contribution in [3.8, 4) is 0 Å².